The topological polar surface area (TPSA) is 36.3 Å². The standard InChI is InChI=1S/C11H14F3N2O/c1-16(2)6-7-4-8(11(12,13)14)5-9(15)10(7)17-3/h4-5,15H,6H2,1-3H3/q-1. The van der Waals surface area contributed by atoms with Crippen LogP contribution in [0.1, 0.15) is 11.1 Å². The number of halogens is 3. The Kier molecular flexibility index (Phi) is 3.87. The van der Waals surface area contributed by atoms with Gasteiger partial charge in [-0.2, -0.15) is 13.2 Å². The molecule has 0 radical (unpaired) electrons. The lowest BCUT2D eigenvalue weighted by Crippen LogP contribution is -2.13. The van der Waals surface area contributed by atoms with E-state index in [0.29, 0.717) is 12.1 Å². The van der Waals surface area contributed by atoms with Crippen LogP contribution in [0.15, 0.2) is 12.1 Å². The highest BCUT2D eigenvalue weighted by Gasteiger charge is 2.31. The van der Waals surface area contributed by atoms with Gasteiger partial charge in [-0.1, -0.05) is 11.8 Å². The van der Waals surface area contributed by atoms with Crippen LogP contribution < -0.4 is 4.74 Å². The average Bonchev–Trinajstić information content (AvgIpc) is 2.14. The number of benzene rings is 1. The van der Waals surface area contributed by atoms with Crippen LogP contribution in [0, 0.1) is 0 Å². The summed E-state index contributed by atoms with van der Waals surface area (Å²) in [6.07, 6.45) is -4.44. The lowest BCUT2D eigenvalue weighted by Gasteiger charge is -2.21. The van der Waals surface area contributed by atoms with Crippen LogP contribution in [0.2, 0.25) is 0 Å². The molecule has 0 unspecified atom stereocenters. The Morgan fingerprint density at radius 3 is 2.29 bits per heavy atom. The van der Waals surface area contributed by atoms with Crippen LogP contribution in [0.3, 0.4) is 0 Å². The van der Waals surface area contributed by atoms with Crippen molar-refractivity contribution in [2.24, 2.45) is 0 Å². The van der Waals surface area contributed by atoms with Crippen molar-refractivity contribution in [2.45, 2.75) is 12.7 Å². The van der Waals surface area contributed by atoms with Gasteiger partial charge in [0.05, 0.1) is 12.7 Å². The molecular weight excluding hydrogens is 233 g/mol. The highest BCUT2D eigenvalue weighted by Crippen LogP contribution is 2.38. The minimum absolute atomic E-state index is 0.187. The maximum absolute atomic E-state index is 12.6. The summed E-state index contributed by atoms with van der Waals surface area (Å²) >= 11 is 0. The first-order chi connectivity index (χ1) is 7.75. The Morgan fingerprint density at radius 1 is 1.29 bits per heavy atom. The molecule has 0 fully saturated rings. The van der Waals surface area contributed by atoms with Crippen LogP contribution in [0.5, 0.6) is 5.75 Å². The Labute approximate surface area is 98.0 Å². The minimum Gasteiger partial charge on any atom is -0.696 e. The largest absolute Gasteiger partial charge is 0.696 e. The molecule has 1 aromatic carbocycles. The van der Waals surface area contributed by atoms with Gasteiger partial charge in [0, 0.05) is 12.1 Å². The zero-order valence-corrected chi connectivity index (χ0v) is 9.85. The van der Waals surface area contributed by atoms with Gasteiger partial charge >= 0.3 is 6.18 Å². The summed E-state index contributed by atoms with van der Waals surface area (Å²) in [4.78, 5) is 1.72. The number of alkyl halides is 3. The van der Waals surface area contributed by atoms with Crippen LogP contribution in [0.4, 0.5) is 18.9 Å². The molecule has 3 nitrogen and oxygen atoms in total. The van der Waals surface area contributed by atoms with Gasteiger partial charge in [0.25, 0.3) is 0 Å². The number of hydrogen-bond acceptors (Lipinski definition) is 2. The summed E-state index contributed by atoms with van der Waals surface area (Å²) in [6.45, 7) is 0.291. The average molecular weight is 247 g/mol. The maximum Gasteiger partial charge on any atom is 0.416 e. The molecule has 0 amide bonds. The van der Waals surface area contributed by atoms with Gasteiger partial charge in [0.1, 0.15) is 5.75 Å². The third-order valence-electron chi connectivity index (χ3n) is 2.18. The first-order valence-corrected chi connectivity index (χ1v) is 4.90. The number of rotatable bonds is 3. The first-order valence-electron chi connectivity index (χ1n) is 4.90. The summed E-state index contributed by atoms with van der Waals surface area (Å²) in [5.74, 6) is 0.187. The minimum atomic E-state index is -4.44. The van der Waals surface area contributed by atoms with Gasteiger partial charge in [-0.05, 0) is 20.2 Å². The fourth-order valence-electron chi connectivity index (χ4n) is 1.55. The molecule has 0 spiro atoms. The summed E-state index contributed by atoms with van der Waals surface area (Å²) in [6, 6.07) is 1.80. The van der Waals surface area contributed by atoms with E-state index in [1.165, 1.54) is 7.11 Å². The Hall–Kier alpha value is -1.43. The van der Waals surface area contributed by atoms with Crippen LogP contribution in [-0.2, 0) is 12.7 Å². The highest BCUT2D eigenvalue weighted by molar-refractivity contribution is 5.62. The van der Waals surface area contributed by atoms with E-state index in [2.05, 4.69) is 0 Å². The molecule has 0 atom stereocenters. The van der Waals surface area contributed by atoms with E-state index in [0.717, 1.165) is 12.1 Å². The molecule has 1 rings (SSSR count). The van der Waals surface area contributed by atoms with Crippen molar-refractivity contribution in [2.75, 3.05) is 21.2 Å². The second-order valence-electron chi connectivity index (χ2n) is 3.95. The molecule has 0 aliphatic carbocycles. The molecule has 0 aliphatic rings. The van der Waals surface area contributed by atoms with E-state index >= 15 is 0 Å². The normalized spacial score (nSPS) is 11.9. The van der Waals surface area contributed by atoms with E-state index in [9.17, 15) is 13.2 Å². The molecule has 0 saturated heterocycles. The Balaban J connectivity index is 3.28. The van der Waals surface area contributed by atoms with Gasteiger partial charge in [0.2, 0.25) is 0 Å². The number of nitrogens with one attached hydrogen (secondary N) is 1. The van der Waals surface area contributed by atoms with Gasteiger partial charge < -0.3 is 15.4 Å². The van der Waals surface area contributed by atoms with Gasteiger partial charge in [-0.15, -0.1) is 0 Å². The molecule has 0 heterocycles. The number of ether oxygens (including phenoxy) is 1. The second-order valence-corrected chi connectivity index (χ2v) is 3.95. The summed E-state index contributed by atoms with van der Waals surface area (Å²) in [7, 11) is 4.83. The predicted octanol–water partition coefficient (Wildman–Crippen LogP) is 3.46. The van der Waals surface area contributed by atoms with Crippen molar-refractivity contribution in [1.29, 1.82) is 0 Å². The summed E-state index contributed by atoms with van der Waals surface area (Å²) < 4.78 is 42.7. The molecular formula is C11H14F3N2O-. The third-order valence-corrected chi connectivity index (χ3v) is 2.18. The van der Waals surface area contributed by atoms with Crippen molar-refractivity contribution in [3.8, 4) is 5.75 Å². The fraction of sp³-hybridized carbons (Fsp3) is 0.455. The molecule has 0 bridgehead atoms. The second kappa shape index (κ2) is 4.83. The Morgan fingerprint density at radius 2 is 1.88 bits per heavy atom. The molecule has 0 saturated carbocycles. The van der Waals surface area contributed by atoms with Gasteiger partial charge in [0.15, 0.2) is 0 Å². The van der Waals surface area contributed by atoms with Crippen LogP contribution in [-0.4, -0.2) is 26.1 Å². The highest BCUT2D eigenvalue weighted by atomic mass is 19.4. The quantitative estimate of drug-likeness (QED) is 0.820. The van der Waals surface area contributed by atoms with Crippen molar-refractivity contribution >= 4 is 5.69 Å². The van der Waals surface area contributed by atoms with E-state index in [-0.39, 0.29) is 11.4 Å². The van der Waals surface area contributed by atoms with E-state index in [1.807, 2.05) is 0 Å². The zero-order chi connectivity index (χ0) is 13.2. The van der Waals surface area contributed by atoms with E-state index in [1.54, 1.807) is 19.0 Å². The van der Waals surface area contributed by atoms with E-state index in [4.69, 9.17) is 10.5 Å². The molecule has 0 aliphatic heterocycles. The van der Waals surface area contributed by atoms with Crippen LogP contribution in [0.25, 0.3) is 5.73 Å². The van der Waals surface area contributed by atoms with Crippen molar-refractivity contribution in [3.63, 3.8) is 0 Å². The Bertz CT molecular complexity index is 402. The molecule has 1 aromatic rings. The number of hydrogen-bond donors (Lipinski definition) is 0. The van der Waals surface area contributed by atoms with Crippen LogP contribution >= 0.6 is 0 Å². The SMILES string of the molecule is COc1c([NH-])cc(C(F)(F)F)cc1CN(C)C. The van der Waals surface area contributed by atoms with Gasteiger partial charge in [-0.3, -0.25) is 0 Å². The molecule has 1 N–H and O–H groups in total. The number of methoxy groups -OCH3 is 1. The number of nitrogens with zero attached hydrogens (tertiary/aromatic N) is 1. The van der Waals surface area contributed by atoms with Crippen molar-refractivity contribution in [1.82, 2.24) is 4.90 Å². The molecule has 17 heavy (non-hydrogen) atoms. The lowest BCUT2D eigenvalue weighted by molar-refractivity contribution is -0.137. The van der Waals surface area contributed by atoms with Crippen molar-refractivity contribution in [3.05, 3.63) is 29.0 Å². The summed E-state index contributed by atoms with van der Waals surface area (Å²) in [5.41, 5.74) is 6.82. The van der Waals surface area contributed by atoms with E-state index < -0.39 is 11.7 Å². The maximum atomic E-state index is 12.6. The van der Waals surface area contributed by atoms with Gasteiger partial charge in [-0.25, -0.2) is 0 Å². The monoisotopic (exact) mass is 247 g/mol. The fourth-order valence-corrected chi connectivity index (χ4v) is 1.55. The zero-order valence-electron chi connectivity index (χ0n) is 9.85. The first kappa shape index (κ1) is 13.6. The van der Waals surface area contributed by atoms with Crippen molar-refractivity contribution < 1.29 is 17.9 Å². The third kappa shape index (κ3) is 3.26. The molecule has 96 valence electrons. The molecule has 6 heteroatoms. The molecule has 0 aromatic heterocycles. The smallest absolute Gasteiger partial charge is 0.416 e. The lowest BCUT2D eigenvalue weighted by atomic mass is 10.1. The predicted molar refractivity (Wildman–Crippen MR) is 59.4 cm³/mol. The summed E-state index contributed by atoms with van der Waals surface area (Å²) in [5, 5.41) is 0.